The van der Waals surface area contributed by atoms with Crippen LogP contribution in [0.3, 0.4) is 0 Å². The quantitative estimate of drug-likeness (QED) is 0.176. The highest BCUT2D eigenvalue weighted by atomic mass is 16.4. The molecule has 0 aromatic rings. The Morgan fingerprint density at radius 3 is 1.67 bits per heavy atom. The smallest absolute Gasteiger partial charge is 0.305 e. The molecule has 0 atom stereocenters. The second kappa shape index (κ2) is 21.8. The summed E-state index contributed by atoms with van der Waals surface area (Å²) in [7, 11) is 0. The largest absolute Gasteiger partial charge is 0.481 e. The van der Waals surface area contributed by atoms with E-state index in [-0.39, 0.29) is 31.2 Å². The average molecular weight is 425 g/mol. The monoisotopic (exact) mass is 424 g/mol. The fraction of sp³-hybridized carbons (Fsp3) is 0.792. The molecule has 0 aliphatic carbocycles. The van der Waals surface area contributed by atoms with Crippen LogP contribution in [0.4, 0.5) is 0 Å². The van der Waals surface area contributed by atoms with Crippen molar-refractivity contribution < 1.29 is 19.5 Å². The maximum absolute atomic E-state index is 11.7. The molecule has 0 fully saturated rings. The predicted molar refractivity (Wildman–Crippen MR) is 122 cm³/mol. The van der Waals surface area contributed by atoms with Crippen molar-refractivity contribution in [3.63, 3.8) is 0 Å². The first kappa shape index (κ1) is 28.1. The van der Waals surface area contributed by atoms with Gasteiger partial charge in [-0.2, -0.15) is 0 Å². The minimum Gasteiger partial charge on any atom is -0.481 e. The van der Waals surface area contributed by atoms with Gasteiger partial charge in [-0.1, -0.05) is 70.4 Å². The third-order valence-electron chi connectivity index (χ3n) is 5.00. The van der Waals surface area contributed by atoms with Crippen LogP contribution in [0, 0.1) is 0 Å². The Labute approximate surface area is 183 Å². The number of unbranched alkanes of at least 4 members (excludes halogenated alkanes) is 11. The molecule has 30 heavy (non-hydrogen) atoms. The number of amides is 2. The van der Waals surface area contributed by atoms with Crippen molar-refractivity contribution in [1.82, 2.24) is 10.6 Å². The Morgan fingerprint density at radius 2 is 1.10 bits per heavy atom. The zero-order valence-corrected chi connectivity index (χ0v) is 19.1. The van der Waals surface area contributed by atoms with Crippen LogP contribution in [-0.2, 0) is 14.4 Å². The van der Waals surface area contributed by atoms with Crippen LogP contribution < -0.4 is 10.6 Å². The molecule has 0 unspecified atom stereocenters. The lowest BCUT2D eigenvalue weighted by Crippen LogP contribution is -2.31. The summed E-state index contributed by atoms with van der Waals surface area (Å²) in [6.07, 6.45) is 21.3. The van der Waals surface area contributed by atoms with Gasteiger partial charge in [-0.05, 0) is 32.1 Å². The summed E-state index contributed by atoms with van der Waals surface area (Å²) in [6, 6.07) is 0. The van der Waals surface area contributed by atoms with Gasteiger partial charge in [0.2, 0.25) is 11.8 Å². The zero-order valence-electron chi connectivity index (χ0n) is 19.1. The number of aliphatic carboxylic acids is 1. The van der Waals surface area contributed by atoms with Crippen molar-refractivity contribution in [3.05, 3.63) is 12.2 Å². The van der Waals surface area contributed by atoms with Gasteiger partial charge in [-0.15, -0.1) is 0 Å². The van der Waals surface area contributed by atoms with Crippen LogP contribution in [0.2, 0.25) is 0 Å². The number of carbonyl (C=O) groups is 3. The van der Waals surface area contributed by atoms with E-state index in [1.54, 1.807) is 0 Å². The predicted octanol–water partition coefficient (Wildman–Crippen LogP) is 5.12. The molecule has 0 rings (SSSR count). The Kier molecular flexibility index (Phi) is 20.5. The van der Waals surface area contributed by atoms with Crippen molar-refractivity contribution in [2.75, 3.05) is 13.1 Å². The number of nitrogens with one attached hydrogen (secondary N) is 2. The molecule has 0 bridgehead atoms. The van der Waals surface area contributed by atoms with E-state index in [9.17, 15) is 14.4 Å². The maximum Gasteiger partial charge on any atom is 0.305 e. The highest BCUT2D eigenvalue weighted by molar-refractivity contribution is 5.79. The van der Waals surface area contributed by atoms with E-state index in [1.807, 2.05) is 0 Å². The summed E-state index contributed by atoms with van der Waals surface area (Å²) in [6.45, 7) is 2.67. The summed E-state index contributed by atoms with van der Waals surface area (Å²) in [5.74, 6) is -1.20. The van der Waals surface area contributed by atoms with Gasteiger partial charge in [-0.25, -0.2) is 0 Å². The van der Waals surface area contributed by atoms with E-state index in [0.717, 1.165) is 25.7 Å². The van der Waals surface area contributed by atoms with E-state index in [4.69, 9.17) is 5.11 Å². The summed E-state index contributed by atoms with van der Waals surface area (Å²) < 4.78 is 0. The van der Waals surface area contributed by atoms with Crippen LogP contribution >= 0.6 is 0 Å². The lowest BCUT2D eigenvalue weighted by Gasteiger charge is -2.06. The molecule has 0 aromatic heterocycles. The number of carbonyl (C=O) groups excluding carboxylic acids is 2. The van der Waals surface area contributed by atoms with Gasteiger partial charge in [0.05, 0.1) is 6.42 Å². The minimum atomic E-state index is -0.941. The Hall–Kier alpha value is -1.85. The average Bonchev–Trinajstić information content (AvgIpc) is 2.70. The Morgan fingerprint density at radius 1 is 0.633 bits per heavy atom. The zero-order chi connectivity index (χ0) is 22.3. The Bertz CT molecular complexity index is 478. The summed E-state index contributed by atoms with van der Waals surface area (Å²) in [5, 5.41) is 13.7. The molecule has 6 nitrogen and oxygen atoms in total. The minimum absolute atomic E-state index is 0.0223. The molecule has 174 valence electrons. The van der Waals surface area contributed by atoms with Crippen molar-refractivity contribution >= 4 is 17.8 Å². The molecule has 6 heteroatoms. The molecule has 3 N–H and O–H groups in total. The van der Waals surface area contributed by atoms with Crippen molar-refractivity contribution in [3.8, 4) is 0 Å². The van der Waals surface area contributed by atoms with Crippen molar-refractivity contribution in [1.29, 1.82) is 0 Å². The van der Waals surface area contributed by atoms with Crippen molar-refractivity contribution in [2.24, 2.45) is 0 Å². The van der Waals surface area contributed by atoms with Gasteiger partial charge in [0.25, 0.3) is 0 Å². The number of carboxylic acids is 1. The standard InChI is InChI=1S/C24H44N2O4/c1-2-3-4-5-6-7-8-9-10-11-12-13-14-15-16-17-22(27)25-20-18-23(28)26-21-19-24(29)30/h9-10H,2-8,11-21H2,1H3,(H,25,27)(H,26,28)(H,29,30)/b10-9-. The molecule has 0 saturated heterocycles. The van der Waals surface area contributed by atoms with Gasteiger partial charge in [0.1, 0.15) is 0 Å². The first-order valence-corrected chi connectivity index (χ1v) is 12.0. The number of carboxylic acid groups (broad SMARTS) is 1. The first-order valence-electron chi connectivity index (χ1n) is 12.0. The number of hydrogen-bond acceptors (Lipinski definition) is 3. The normalized spacial score (nSPS) is 11.0. The first-order chi connectivity index (χ1) is 14.6. The lowest BCUT2D eigenvalue weighted by atomic mass is 10.1. The van der Waals surface area contributed by atoms with E-state index < -0.39 is 5.97 Å². The van der Waals surface area contributed by atoms with Gasteiger partial charge in [0, 0.05) is 25.9 Å². The van der Waals surface area contributed by atoms with Crippen LogP contribution in [0.15, 0.2) is 12.2 Å². The summed E-state index contributed by atoms with van der Waals surface area (Å²) in [4.78, 5) is 33.5. The van der Waals surface area contributed by atoms with E-state index in [2.05, 4.69) is 29.7 Å². The molecule has 0 saturated carbocycles. The van der Waals surface area contributed by atoms with E-state index >= 15 is 0 Å². The molecule has 0 aromatic carbocycles. The van der Waals surface area contributed by atoms with Gasteiger partial charge in [0.15, 0.2) is 0 Å². The molecular formula is C24H44N2O4. The number of hydrogen-bond donors (Lipinski definition) is 3. The highest BCUT2D eigenvalue weighted by Crippen LogP contribution is 2.09. The highest BCUT2D eigenvalue weighted by Gasteiger charge is 2.05. The number of allylic oxidation sites excluding steroid dienone is 2. The van der Waals surface area contributed by atoms with Crippen molar-refractivity contribution in [2.45, 2.75) is 110 Å². The third kappa shape index (κ3) is 22.4. The molecule has 0 heterocycles. The Balaban J connectivity index is 3.34. The fourth-order valence-corrected chi connectivity index (χ4v) is 3.16. The SMILES string of the molecule is CCCCCCCC/C=C\CCCCCCCC(=O)NCCC(=O)NCCC(=O)O. The second-order valence-corrected chi connectivity index (χ2v) is 7.93. The summed E-state index contributed by atoms with van der Waals surface area (Å²) >= 11 is 0. The van der Waals surface area contributed by atoms with Gasteiger partial charge < -0.3 is 15.7 Å². The third-order valence-corrected chi connectivity index (χ3v) is 5.00. The van der Waals surface area contributed by atoms with Gasteiger partial charge in [-0.3, -0.25) is 14.4 Å². The summed E-state index contributed by atoms with van der Waals surface area (Å²) in [5.41, 5.74) is 0. The fourth-order valence-electron chi connectivity index (χ4n) is 3.16. The molecule has 0 spiro atoms. The van der Waals surface area contributed by atoms with Crippen LogP contribution in [0.25, 0.3) is 0 Å². The lowest BCUT2D eigenvalue weighted by molar-refractivity contribution is -0.137. The molecule has 0 aliphatic rings. The molecule has 2 amide bonds. The van der Waals surface area contributed by atoms with Gasteiger partial charge >= 0.3 is 5.97 Å². The van der Waals surface area contributed by atoms with E-state index in [1.165, 1.54) is 57.8 Å². The maximum atomic E-state index is 11.7. The van der Waals surface area contributed by atoms with Crippen LogP contribution in [0.5, 0.6) is 0 Å². The topological polar surface area (TPSA) is 95.5 Å². The van der Waals surface area contributed by atoms with E-state index in [0.29, 0.717) is 13.0 Å². The molecule has 0 radical (unpaired) electrons. The second-order valence-electron chi connectivity index (χ2n) is 7.93. The van der Waals surface area contributed by atoms with Crippen LogP contribution in [-0.4, -0.2) is 36.0 Å². The molecular weight excluding hydrogens is 380 g/mol. The van der Waals surface area contributed by atoms with Crippen LogP contribution in [0.1, 0.15) is 110 Å². The number of rotatable bonds is 21. The molecule has 0 aliphatic heterocycles.